The predicted octanol–water partition coefficient (Wildman–Crippen LogP) is 3.77. The van der Waals surface area contributed by atoms with E-state index in [9.17, 15) is 14.4 Å². The number of amides is 4. The molecule has 4 rings (SSSR count). The van der Waals surface area contributed by atoms with Crippen LogP contribution in [0.1, 0.15) is 37.6 Å². The molecule has 36 heavy (non-hydrogen) atoms. The van der Waals surface area contributed by atoms with Crippen molar-refractivity contribution in [1.29, 1.82) is 0 Å². The van der Waals surface area contributed by atoms with Gasteiger partial charge in [0.05, 0.1) is 12.1 Å². The summed E-state index contributed by atoms with van der Waals surface area (Å²) in [5.74, 6) is 0.0604. The first-order valence-electron chi connectivity index (χ1n) is 11.7. The number of aromatic nitrogens is 1. The van der Waals surface area contributed by atoms with Crippen LogP contribution in [0.15, 0.2) is 54.6 Å². The molecule has 1 saturated heterocycles. The van der Waals surface area contributed by atoms with Gasteiger partial charge < -0.3 is 20.1 Å². The zero-order valence-corrected chi connectivity index (χ0v) is 20.8. The largest absolute Gasteiger partial charge is 0.489 e. The van der Waals surface area contributed by atoms with E-state index in [0.717, 1.165) is 27.7 Å². The number of pyridine rings is 1. The van der Waals surface area contributed by atoms with Crippen molar-refractivity contribution in [2.75, 3.05) is 6.54 Å². The molecule has 0 radical (unpaired) electrons. The number of carbonyl (C=O) groups excluding carboxylic acids is 3. The number of urea groups is 1. The predicted molar refractivity (Wildman–Crippen MR) is 135 cm³/mol. The number of imide groups is 1. The second-order valence-electron chi connectivity index (χ2n) is 9.90. The summed E-state index contributed by atoms with van der Waals surface area (Å²) in [6, 6.07) is 16.6. The number of alkyl carbamates (subject to hydrolysis) is 1. The highest BCUT2D eigenvalue weighted by Crippen LogP contribution is 2.23. The molecule has 3 aromatic rings. The van der Waals surface area contributed by atoms with Gasteiger partial charge in [-0.25, -0.2) is 9.59 Å². The molecule has 0 saturated carbocycles. The second kappa shape index (κ2) is 9.85. The molecule has 9 nitrogen and oxygen atoms in total. The molecule has 0 spiro atoms. The second-order valence-corrected chi connectivity index (χ2v) is 9.90. The summed E-state index contributed by atoms with van der Waals surface area (Å²) in [5, 5.41) is 8.54. The SMILES string of the molecule is Cc1cc(COc2ccc(CC3(NC(=O)OC(C)(C)C)CNC(=O)NC3=O)cc2)c2ccccc2n1. The number of carbonyl (C=O) groups is 3. The third kappa shape index (κ3) is 5.91. The molecule has 1 fully saturated rings. The molecular formula is C27H30N4O5. The van der Waals surface area contributed by atoms with E-state index in [1.807, 2.05) is 61.5 Å². The fourth-order valence-electron chi connectivity index (χ4n) is 4.09. The molecule has 2 heterocycles. The lowest BCUT2D eigenvalue weighted by molar-refractivity contribution is -0.127. The summed E-state index contributed by atoms with van der Waals surface area (Å²) in [4.78, 5) is 41.5. The maximum Gasteiger partial charge on any atom is 0.408 e. The van der Waals surface area contributed by atoms with Gasteiger partial charge in [-0.05, 0) is 57.5 Å². The van der Waals surface area contributed by atoms with Crippen LogP contribution in [0.3, 0.4) is 0 Å². The van der Waals surface area contributed by atoms with Crippen LogP contribution in [-0.4, -0.2) is 40.7 Å². The summed E-state index contributed by atoms with van der Waals surface area (Å²) in [7, 11) is 0. The number of ether oxygens (including phenoxy) is 2. The third-order valence-electron chi connectivity index (χ3n) is 5.71. The van der Waals surface area contributed by atoms with Crippen LogP contribution < -0.4 is 20.7 Å². The van der Waals surface area contributed by atoms with E-state index >= 15 is 0 Å². The van der Waals surface area contributed by atoms with Crippen molar-refractivity contribution in [1.82, 2.24) is 20.9 Å². The van der Waals surface area contributed by atoms with Gasteiger partial charge in [-0.3, -0.25) is 15.1 Å². The maximum absolute atomic E-state index is 12.8. The summed E-state index contributed by atoms with van der Waals surface area (Å²) in [6.45, 7) is 7.46. The van der Waals surface area contributed by atoms with Crippen molar-refractivity contribution in [3.8, 4) is 5.75 Å². The van der Waals surface area contributed by atoms with Crippen molar-refractivity contribution >= 4 is 28.9 Å². The van der Waals surface area contributed by atoms with Crippen LogP contribution in [0.25, 0.3) is 10.9 Å². The molecule has 9 heteroatoms. The van der Waals surface area contributed by atoms with Crippen molar-refractivity contribution in [2.24, 2.45) is 0 Å². The molecular weight excluding hydrogens is 460 g/mol. The van der Waals surface area contributed by atoms with Crippen LogP contribution in [0.4, 0.5) is 9.59 Å². The normalized spacial score (nSPS) is 17.8. The Kier molecular flexibility index (Phi) is 6.83. The molecule has 188 valence electrons. The number of aryl methyl sites for hydroxylation is 1. The lowest BCUT2D eigenvalue weighted by Gasteiger charge is -2.37. The van der Waals surface area contributed by atoms with E-state index < -0.39 is 29.2 Å². The Morgan fingerprint density at radius 2 is 1.83 bits per heavy atom. The summed E-state index contributed by atoms with van der Waals surface area (Å²) in [5.41, 5.74) is 1.52. The number of rotatable bonds is 6. The Balaban J connectivity index is 1.48. The van der Waals surface area contributed by atoms with Gasteiger partial charge in [0.2, 0.25) is 0 Å². The van der Waals surface area contributed by atoms with Gasteiger partial charge in [0.1, 0.15) is 23.5 Å². The molecule has 0 bridgehead atoms. The highest BCUT2D eigenvalue weighted by molar-refractivity contribution is 6.03. The Morgan fingerprint density at radius 1 is 1.11 bits per heavy atom. The van der Waals surface area contributed by atoms with Crippen molar-refractivity contribution in [2.45, 2.75) is 51.9 Å². The minimum Gasteiger partial charge on any atom is -0.489 e. The fourth-order valence-corrected chi connectivity index (χ4v) is 4.09. The lowest BCUT2D eigenvalue weighted by atomic mass is 9.88. The Labute approximate surface area is 209 Å². The summed E-state index contributed by atoms with van der Waals surface area (Å²) >= 11 is 0. The maximum atomic E-state index is 12.8. The number of nitrogens with zero attached hydrogens (tertiary/aromatic N) is 1. The monoisotopic (exact) mass is 490 g/mol. The number of nitrogens with one attached hydrogen (secondary N) is 3. The van der Waals surface area contributed by atoms with Crippen LogP contribution in [0.5, 0.6) is 5.75 Å². The molecule has 3 N–H and O–H groups in total. The Morgan fingerprint density at radius 3 is 2.53 bits per heavy atom. The van der Waals surface area contributed by atoms with Gasteiger partial charge in [0, 0.05) is 23.1 Å². The Hall–Kier alpha value is -4.14. The van der Waals surface area contributed by atoms with Gasteiger partial charge in [0.15, 0.2) is 0 Å². The van der Waals surface area contributed by atoms with Crippen molar-refractivity contribution < 1.29 is 23.9 Å². The molecule has 1 aromatic heterocycles. The average Bonchev–Trinajstić information content (AvgIpc) is 2.80. The van der Waals surface area contributed by atoms with Crippen molar-refractivity contribution in [3.05, 3.63) is 71.4 Å². The van der Waals surface area contributed by atoms with Crippen molar-refractivity contribution in [3.63, 3.8) is 0 Å². The van der Waals surface area contributed by atoms with Crippen LogP contribution in [0.2, 0.25) is 0 Å². The number of fused-ring (bicyclic) bond motifs is 1. The van der Waals surface area contributed by atoms with Gasteiger partial charge in [-0.15, -0.1) is 0 Å². The van der Waals surface area contributed by atoms with Gasteiger partial charge in [-0.2, -0.15) is 0 Å². The molecule has 4 amide bonds. The molecule has 2 aromatic carbocycles. The van der Waals surface area contributed by atoms with Crippen LogP contribution in [0, 0.1) is 6.92 Å². The molecule has 1 atom stereocenters. The third-order valence-corrected chi connectivity index (χ3v) is 5.71. The average molecular weight is 491 g/mol. The van der Waals surface area contributed by atoms with E-state index in [1.54, 1.807) is 20.8 Å². The standard InChI is InChI=1S/C27H30N4O5/c1-17-13-19(21-7-5-6-8-22(21)29-17)15-35-20-11-9-18(10-12-20)14-27(16-28-24(33)30-23(27)32)31-25(34)36-26(2,3)4/h5-13H,14-16H2,1-4H3,(H,31,34)(H2,28,30,32,33). The Bertz CT molecular complexity index is 1300. The molecule has 1 aliphatic heterocycles. The number of hydrogen-bond donors (Lipinski definition) is 3. The number of para-hydroxylation sites is 1. The minimum atomic E-state index is -1.40. The van der Waals surface area contributed by atoms with Crippen LogP contribution in [-0.2, 0) is 22.6 Å². The molecule has 1 unspecified atom stereocenters. The van der Waals surface area contributed by atoms with E-state index in [4.69, 9.17) is 9.47 Å². The summed E-state index contributed by atoms with van der Waals surface area (Å²) in [6.07, 6.45) is -0.596. The number of hydrogen-bond acceptors (Lipinski definition) is 6. The lowest BCUT2D eigenvalue weighted by Crippen LogP contribution is -2.71. The van der Waals surface area contributed by atoms with E-state index in [2.05, 4.69) is 20.9 Å². The first-order valence-corrected chi connectivity index (χ1v) is 11.7. The molecule has 0 aliphatic carbocycles. The van der Waals surface area contributed by atoms with E-state index in [-0.39, 0.29) is 13.0 Å². The van der Waals surface area contributed by atoms with Gasteiger partial charge in [0.25, 0.3) is 5.91 Å². The molecule has 1 aliphatic rings. The topological polar surface area (TPSA) is 119 Å². The van der Waals surface area contributed by atoms with Gasteiger partial charge in [-0.1, -0.05) is 30.3 Å². The summed E-state index contributed by atoms with van der Waals surface area (Å²) < 4.78 is 11.4. The zero-order valence-electron chi connectivity index (χ0n) is 20.8. The minimum absolute atomic E-state index is 0.0658. The van der Waals surface area contributed by atoms with E-state index in [0.29, 0.717) is 12.4 Å². The zero-order chi connectivity index (χ0) is 25.9. The number of benzene rings is 2. The highest BCUT2D eigenvalue weighted by atomic mass is 16.6. The smallest absolute Gasteiger partial charge is 0.408 e. The highest BCUT2D eigenvalue weighted by Gasteiger charge is 2.45. The first-order chi connectivity index (χ1) is 17.0. The fraction of sp³-hybridized carbons (Fsp3) is 0.333. The van der Waals surface area contributed by atoms with E-state index in [1.165, 1.54) is 0 Å². The van der Waals surface area contributed by atoms with Crippen LogP contribution >= 0.6 is 0 Å². The first kappa shape index (κ1) is 25.0. The van der Waals surface area contributed by atoms with Gasteiger partial charge >= 0.3 is 12.1 Å². The quantitative estimate of drug-likeness (QED) is 0.484.